The number of hydrogen-bond acceptors (Lipinski definition) is 3. The number of carbonyl (C=O) groups is 1. The average Bonchev–Trinajstić information content (AvgIpc) is 2.45. The maximum absolute atomic E-state index is 12.1. The third-order valence-electron chi connectivity index (χ3n) is 3.54. The van der Waals surface area contributed by atoms with E-state index in [1.54, 1.807) is 0 Å². The van der Waals surface area contributed by atoms with Gasteiger partial charge in [0, 0.05) is 25.3 Å². The molecular formula is C15H25N3O. The largest absolute Gasteiger partial charge is 0.363 e. The Labute approximate surface area is 116 Å². The first kappa shape index (κ1) is 15.5. The van der Waals surface area contributed by atoms with Crippen molar-refractivity contribution < 1.29 is 4.79 Å². The summed E-state index contributed by atoms with van der Waals surface area (Å²) >= 11 is 0. The van der Waals surface area contributed by atoms with Gasteiger partial charge in [-0.15, -0.1) is 0 Å². The highest BCUT2D eigenvalue weighted by molar-refractivity contribution is 5.84. The summed E-state index contributed by atoms with van der Waals surface area (Å²) in [5, 5.41) is 3.00. The van der Waals surface area contributed by atoms with Crippen LogP contribution in [0.15, 0.2) is 24.3 Å². The summed E-state index contributed by atoms with van der Waals surface area (Å²) in [5.74, 6) is 0.0553. The minimum Gasteiger partial charge on any atom is -0.363 e. The molecule has 0 bridgehead atoms. The van der Waals surface area contributed by atoms with Crippen LogP contribution in [0.3, 0.4) is 0 Å². The zero-order chi connectivity index (χ0) is 14.4. The average molecular weight is 263 g/mol. The van der Waals surface area contributed by atoms with E-state index in [9.17, 15) is 4.79 Å². The number of rotatable bonds is 6. The molecule has 0 aliphatic carbocycles. The highest BCUT2D eigenvalue weighted by atomic mass is 16.2. The summed E-state index contributed by atoms with van der Waals surface area (Å²) in [6.07, 6.45) is 0.938. The molecule has 0 aliphatic heterocycles. The van der Waals surface area contributed by atoms with Gasteiger partial charge in [0.1, 0.15) is 6.04 Å². The lowest BCUT2D eigenvalue weighted by Crippen LogP contribution is -2.46. The van der Waals surface area contributed by atoms with Gasteiger partial charge in [-0.05, 0) is 38.0 Å². The molecule has 0 aromatic heterocycles. The fourth-order valence-electron chi connectivity index (χ4n) is 1.73. The summed E-state index contributed by atoms with van der Waals surface area (Å²) in [7, 11) is 1.93. The molecule has 1 aromatic carbocycles. The van der Waals surface area contributed by atoms with Crippen LogP contribution in [-0.2, 0) is 11.3 Å². The number of nitrogens with one attached hydrogen (secondary N) is 1. The molecule has 0 heterocycles. The van der Waals surface area contributed by atoms with Crippen LogP contribution in [-0.4, -0.2) is 25.0 Å². The summed E-state index contributed by atoms with van der Waals surface area (Å²) < 4.78 is 0. The van der Waals surface area contributed by atoms with E-state index in [2.05, 4.69) is 12.2 Å². The minimum absolute atomic E-state index is 0.0553. The maximum atomic E-state index is 12.1. The lowest BCUT2D eigenvalue weighted by Gasteiger charge is -2.27. The van der Waals surface area contributed by atoms with Gasteiger partial charge in [-0.25, -0.2) is 0 Å². The molecule has 0 saturated heterocycles. The molecule has 3 N–H and O–H groups in total. The van der Waals surface area contributed by atoms with Gasteiger partial charge in [-0.2, -0.15) is 0 Å². The predicted octanol–water partition coefficient (Wildman–Crippen LogP) is 1.88. The van der Waals surface area contributed by atoms with Gasteiger partial charge < -0.3 is 16.0 Å². The van der Waals surface area contributed by atoms with E-state index in [-0.39, 0.29) is 18.0 Å². The number of nitrogens with two attached hydrogens (primary N) is 1. The van der Waals surface area contributed by atoms with E-state index in [4.69, 9.17) is 5.73 Å². The summed E-state index contributed by atoms with van der Waals surface area (Å²) in [6, 6.07) is 7.99. The van der Waals surface area contributed by atoms with Gasteiger partial charge in [-0.3, -0.25) is 4.79 Å². The number of likely N-dealkylation sites (N-methyl/N-ethyl adjacent to an activating group) is 1. The molecule has 0 aliphatic rings. The van der Waals surface area contributed by atoms with Crippen molar-refractivity contribution in [3.8, 4) is 0 Å². The summed E-state index contributed by atoms with van der Waals surface area (Å²) in [6.45, 7) is 6.52. The van der Waals surface area contributed by atoms with Crippen LogP contribution in [0.5, 0.6) is 0 Å². The number of benzene rings is 1. The maximum Gasteiger partial charge on any atom is 0.242 e. The standard InChI is InChI=1S/C15H25N3O/c1-5-11(2)17-15(19)12(3)18(4)14-8-6-13(10-16)7-9-14/h6-9,11-12H,5,10,16H2,1-4H3,(H,17,19). The molecule has 1 rings (SSSR count). The minimum atomic E-state index is -0.197. The van der Waals surface area contributed by atoms with Crippen LogP contribution in [0.25, 0.3) is 0 Å². The second-order valence-electron chi connectivity index (χ2n) is 4.98. The molecule has 0 radical (unpaired) electrons. The zero-order valence-electron chi connectivity index (χ0n) is 12.3. The quantitative estimate of drug-likeness (QED) is 0.824. The van der Waals surface area contributed by atoms with Crippen molar-refractivity contribution in [2.45, 2.75) is 45.8 Å². The number of hydrogen-bond donors (Lipinski definition) is 2. The fraction of sp³-hybridized carbons (Fsp3) is 0.533. The number of carbonyl (C=O) groups excluding carboxylic acids is 1. The third-order valence-corrected chi connectivity index (χ3v) is 3.54. The molecule has 0 spiro atoms. The normalized spacial score (nSPS) is 13.7. The highest BCUT2D eigenvalue weighted by Crippen LogP contribution is 2.16. The Balaban J connectivity index is 2.69. The molecule has 106 valence electrons. The lowest BCUT2D eigenvalue weighted by atomic mass is 10.1. The van der Waals surface area contributed by atoms with Crippen molar-refractivity contribution in [3.05, 3.63) is 29.8 Å². The van der Waals surface area contributed by atoms with Crippen LogP contribution >= 0.6 is 0 Å². The van der Waals surface area contributed by atoms with Gasteiger partial charge in [0.05, 0.1) is 0 Å². The van der Waals surface area contributed by atoms with E-state index in [0.717, 1.165) is 17.7 Å². The molecule has 1 aromatic rings. The van der Waals surface area contributed by atoms with Crippen LogP contribution in [0.4, 0.5) is 5.69 Å². The first-order chi connectivity index (χ1) is 8.99. The van der Waals surface area contributed by atoms with E-state index >= 15 is 0 Å². The van der Waals surface area contributed by atoms with E-state index in [1.165, 1.54) is 0 Å². The topological polar surface area (TPSA) is 58.4 Å². The lowest BCUT2D eigenvalue weighted by molar-refractivity contribution is -0.122. The van der Waals surface area contributed by atoms with E-state index in [0.29, 0.717) is 6.54 Å². The second kappa shape index (κ2) is 7.14. The Morgan fingerprint density at radius 2 is 1.89 bits per heavy atom. The molecule has 1 amide bonds. The first-order valence-electron chi connectivity index (χ1n) is 6.81. The van der Waals surface area contributed by atoms with Gasteiger partial charge >= 0.3 is 0 Å². The Morgan fingerprint density at radius 1 is 1.32 bits per heavy atom. The Kier molecular flexibility index (Phi) is 5.83. The number of amides is 1. The van der Waals surface area contributed by atoms with Crippen LogP contribution in [0.2, 0.25) is 0 Å². The van der Waals surface area contributed by atoms with Crippen molar-refractivity contribution >= 4 is 11.6 Å². The molecule has 0 saturated carbocycles. The van der Waals surface area contributed by atoms with Crippen molar-refractivity contribution in [1.29, 1.82) is 0 Å². The SMILES string of the molecule is CCC(C)NC(=O)C(C)N(C)c1ccc(CN)cc1. The Hall–Kier alpha value is -1.55. The molecule has 4 heteroatoms. The van der Waals surface area contributed by atoms with Crippen molar-refractivity contribution in [2.75, 3.05) is 11.9 Å². The Bertz CT molecular complexity index is 402. The van der Waals surface area contributed by atoms with E-state index in [1.807, 2.05) is 50.1 Å². The van der Waals surface area contributed by atoms with Gasteiger partial charge in [0.2, 0.25) is 5.91 Å². The molecular weight excluding hydrogens is 238 g/mol. The fourth-order valence-corrected chi connectivity index (χ4v) is 1.73. The van der Waals surface area contributed by atoms with Gasteiger partial charge in [0.15, 0.2) is 0 Å². The first-order valence-corrected chi connectivity index (χ1v) is 6.81. The molecule has 2 atom stereocenters. The number of anilines is 1. The van der Waals surface area contributed by atoms with Crippen molar-refractivity contribution in [3.63, 3.8) is 0 Å². The number of nitrogens with zero attached hydrogens (tertiary/aromatic N) is 1. The smallest absolute Gasteiger partial charge is 0.242 e. The Morgan fingerprint density at radius 3 is 2.37 bits per heavy atom. The second-order valence-corrected chi connectivity index (χ2v) is 4.98. The molecule has 0 fully saturated rings. The predicted molar refractivity (Wildman–Crippen MR) is 80.1 cm³/mol. The van der Waals surface area contributed by atoms with Crippen LogP contribution in [0.1, 0.15) is 32.8 Å². The molecule has 19 heavy (non-hydrogen) atoms. The van der Waals surface area contributed by atoms with Crippen molar-refractivity contribution in [2.24, 2.45) is 5.73 Å². The third kappa shape index (κ3) is 4.24. The zero-order valence-corrected chi connectivity index (χ0v) is 12.3. The van der Waals surface area contributed by atoms with Crippen LogP contribution < -0.4 is 16.0 Å². The molecule has 2 unspecified atom stereocenters. The summed E-state index contributed by atoms with van der Waals surface area (Å²) in [5.41, 5.74) is 7.69. The highest BCUT2D eigenvalue weighted by Gasteiger charge is 2.19. The van der Waals surface area contributed by atoms with E-state index < -0.39 is 0 Å². The van der Waals surface area contributed by atoms with Crippen molar-refractivity contribution in [1.82, 2.24) is 5.32 Å². The summed E-state index contributed by atoms with van der Waals surface area (Å²) in [4.78, 5) is 14.0. The molecule has 4 nitrogen and oxygen atoms in total. The van der Waals surface area contributed by atoms with Crippen LogP contribution in [0, 0.1) is 0 Å². The van der Waals surface area contributed by atoms with Gasteiger partial charge in [0.25, 0.3) is 0 Å². The monoisotopic (exact) mass is 263 g/mol. The van der Waals surface area contributed by atoms with Gasteiger partial charge in [-0.1, -0.05) is 19.1 Å².